The molecule has 1 aliphatic rings. The molecule has 0 aliphatic carbocycles. The maximum Gasteiger partial charge on any atom is 0.303 e. The van der Waals surface area contributed by atoms with Crippen molar-refractivity contribution >= 4 is 5.97 Å². The van der Waals surface area contributed by atoms with Crippen molar-refractivity contribution in [2.45, 2.75) is 38.9 Å². The Kier molecular flexibility index (Phi) is 4.48. The zero-order valence-electron chi connectivity index (χ0n) is 12.5. The Morgan fingerprint density at radius 1 is 1.36 bits per heavy atom. The van der Waals surface area contributed by atoms with Gasteiger partial charge >= 0.3 is 5.97 Å². The van der Waals surface area contributed by atoms with Crippen LogP contribution in [0.2, 0.25) is 0 Å². The van der Waals surface area contributed by atoms with Gasteiger partial charge in [0, 0.05) is 45.0 Å². The van der Waals surface area contributed by atoms with E-state index in [0.717, 1.165) is 38.3 Å². The molecule has 6 nitrogen and oxygen atoms in total. The highest BCUT2D eigenvalue weighted by molar-refractivity contribution is 5.66. The normalized spacial score (nSPS) is 15.3. The molecule has 0 bridgehead atoms. The number of rotatable bonds is 5. The van der Waals surface area contributed by atoms with Crippen molar-refractivity contribution in [3.8, 4) is 0 Å². The standard InChI is InChI=1S/C16H20N4O2/c21-16(22)5-4-14-9-15-12-19(7-2-8-20(15)18-14)11-13-3-1-6-17-10-13/h1,3,6,9-10H,2,4-5,7-8,11-12H2,(H,21,22). The summed E-state index contributed by atoms with van der Waals surface area (Å²) in [5.74, 6) is -0.776. The van der Waals surface area contributed by atoms with Gasteiger partial charge in [0.15, 0.2) is 0 Å². The van der Waals surface area contributed by atoms with E-state index in [1.165, 1.54) is 11.3 Å². The average Bonchev–Trinajstić information content (AvgIpc) is 2.79. The zero-order chi connectivity index (χ0) is 15.4. The van der Waals surface area contributed by atoms with Crippen molar-refractivity contribution in [1.29, 1.82) is 0 Å². The number of hydrogen-bond donors (Lipinski definition) is 1. The van der Waals surface area contributed by atoms with Crippen molar-refractivity contribution in [1.82, 2.24) is 19.7 Å². The summed E-state index contributed by atoms with van der Waals surface area (Å²) in [4.78, 5) is 17.2. The second-order valence-corrected chi connectivity index (χ2v) is 5.67. The van der Waals surface area contributed by atoms with E-state index >= 15 is 0 Å². The predicted molar refractivity (Wildman–Crippen MR) is 81.2 cm³/mol. The maximum absolute atomic E-state index is 10.7. The van der Waals surface area contributed by atoms with Gasteiger partial charge in [0.1, 0.15) is 0 Å². The first-order valence-corrected chi connectivity index (χ1v) is 7.59. The van der Waals surface area contributed by atoms with E-state index in [2.05, 4.69) is 21.0 Å². The van der Waals surface area contributed by atoms with Crippen molar-refractivity contribution in [3.63, 3.8) is 0 Å². The molecule has 3 rings (SSSR count). The lowest BCUT2D eigenvalue weighted by atomic mass is 10.2. The quantitative estimate of drug-likeness (QED) is 0.910. The van der Waals surface area contributed by atoms with Gasteiger partial charge in [-0.05, 0) is 24.1 Å². The molecule has 0 fully saturated rings. The minimum atomic E-state index is -0.776. The molecule has 0 spiro atoms. The summed E-state index contributed by atoms with van der Waals surface area (Å²) in [6.45, 7) is 3.65. The highest BCUT2D eigenvalue weighted by Gasteiger charge is 2.17. The fourth-order valence-corrected chi connectivity index (χ4v) is 2.83. The summed E-state index contributed by atoms with van der Waals surface area (Å²) in [6.07, 6.45) is 5.37. The molecular formula is C16H20N4O2. The molecule has 0 amide bonds. The van der Waals surface area contributed by atoms with Crippen LogP contribution in [0, 0.1) is 0 Å². The SMILES string of the molecule is O=C(O)CCc1cc2n(n1)CCCN(Cc1cccnc1)C2. The maximum atomic E-state index is 10.7. The highest BCUT2D eigenvalue weighted by Crippen LogP contribution is 2.16. The predicted octanol–water partition coefficient (Wildman–Crippen LogP) is 1.70. The summed E-state index contributed by atoms with van der Waals surface area (Å²) in [6, 6.07) is 6.10. The molecule has 22 heavy (non-hydrogen) atoms. The Hall–Kier alpha value is -2.21. The van der Waals surface area contributed by atoms with E-state index in [4.69, 9.17) is 5.11 Å². The smallest absolute Gasteiger partial charge is 0.303 e. The van der Waals surface area contributed by atoms with E-state index in [1.807, 2.05) is 23.0 Å². The molecule has 6 heteroatoms. The molecule has 0 unspecified atom stereocenters. The van der Waals surface area contributed by atoms with Crippen molar-refractivity contribution < 1.29 is 9.90 Å². The van der Waals surface area contributed by atoms with Crippen LogP contribution in [0.3, 0.4) is 0 Å². The molecule has 0 radical (unpaired) electrons. The van der Waals surface area contributed by atoms with Crippen LogP contribution in [0.15, 0.2) is 30.6 Å². The van der Waals surface area contributed by atoms with Crippen LogP contribution >= 0.6 is 0 Å². The molecule has 0 aromatic carbocycles. The minimum Gasteiger partial charge on any atom is -0.481 e. The van der Waals surface area contributed by atoms with Gasteiger partial charge in [-0.1, -0.05) is 6.07 Å². The molecule has 116 valence electrons. The topological polar surface area (TPSA) is 71.2 Å². The van der Waals surface area contributed by atoms with Gasteiger partial charge in [0.25, 0.3) is 0 Å². The summed E-state index contributed by atoms with van der Waals surface area (Å²) < 4.78 is 2.03. The number of nitrogens with zero attached hydrogens (tertiary/aromatic N) is 4. The van der Waals surface area contributed by atoms with Gasteiger partial charge in [0.05, 0.1) is 17.8 Å². The number of aliphatic carboxylic acids is 1. The molecular weight excluding hydrogens is 280 g/mol. The van der Waals surface area contributed by atoms with Crippen LogP contribution in [0.5, 0.6) is 0 Å². The number of aryl methyl sites for hydroxylation is 2. The zero-order valence-corrected chi connectivity index (χ0v) is 12.5. The molecule has 0 saturated carbocycles. The number of fused-ring (bicyclic) bond motifs is 1. The molecule has 2 aromatic heterocycles. The van der Waals surface area contributed by atoms with Gasteiger partial charge < -0.3 is 5.11 Å². The molecule has 3 heterocycles. The Morgan fingerprint density at radius 3 is 3.05 bits per heavy atom. The Bertz CT molecular complexity index is 639. The third kappa shape index (κ3) is 3.71. The van der Waals surface area contributed by atoms with E-state index in [9.17, 15) is 4.79 Å². The molecule has 1 N–H and O–H groups in total. The first-order valence-electron chi connectivity index (χ1n) is 7.59. The van der Waals surface area contributed by atoms with Gasteiger partial charge in [-0.25, -0.2) is 0 Å². The van der Waals surface area contributed by atoms with Crippen LogP contribution in [0.1, 0.15) is 29.8 Å². The summed E-state index contributed by atoms with van der Waals surface area (Å²) in [5.41, 5.74) is 3.25. The van der Waals surface area contributed by atoms with E-state index in [0.29, 0.717) is 6.42 Å². The second kappa shape index (κ2) is 6.70. The average molecular weight is 300 g/mol. The Labute approximate surface area is 129 Å². The minimum absolute atomic E-state index is 0.135. The first kappa shape index (κ1) is 14.7. The lowest BCUT2D eigenvalue weighted by molar-refractivity contribution is -0.136. The number of carboxylic acid groups (broad SMARTS) is 1. The third-order valence-electron chi connectivity index (χ3n) is 3.87. The van der Waals surface area contributed by atoms with Crippen molar-refractivity contribution in [3.05, 3.63) is 47.5 Å². The third-order valence-corrected chi connectivity index (χ3v) is 3.87. The number of pyridine rings is 1. The van der Waals surface area contributed by atoms with Crippen molar-refractivity contribution in [2.24, 2.45) is 0 Å². The monoisotopic (exact) mass is 300 g/mol. The Morgan fingerprint density at radius 2 is 2.27 bits per heavy atom. The van der Waals surface area contributed by atoms with E-state index in [1.54, 1.807) is 6.20 Å². The highest BCUT2D eigenvalue weighted by atomic mass is 16.4. The van der Waals surface area contributed by atoms with Crippen LogP contribution in [0.4, 0.5) is 0 Å². The second-order valence-electron chi connectivity index (χ2n) is 5.67. The van der Waals surface area contributed by atoms with Crippen molar-refractivity contribution in [2.75, 3.05) is 6.54 Å². The van der Waals surface area contributed by atoms with E-state index in [-0.39, 0.29) is 6.42 Å². The number of hydrogen-bond acceptors (Lipinski definition) is 4. The molecule has 0 atom stereocenters. The van der Waals surface area contributed by atoms with Gasteiger partial charge in [-0.15, -0.1) is 0 Å². The number of carboxylic acids is 1. The summed E-state index contributed by atoms with van der Waals surface area (Å²) in [7, 11) is 0. The van der Waals surface area contributed by atoms with Gasteiger partial charge in [-0.2, -0.15) is 5.10 Å². The summed E-state index contributed by atoms with van der Waals surface area (Å²) in [5, 5.41) is 13.3. The van der Waals surface area contributed by atoms with Crippen LogP contribution in [-0.4, -0.2) is 37.3 Å². The van der Waals surface area contributed by atoms with Crippen LogP contribution < -0.4 is 0 Å². The van der Waals surface area contributed by atoms with Crippen LogP contribution in [-0.2, 0) is 30.8 Å². The fourth-order valence-electron chi connectivity index (χ4n) is 2.83. The lowest BCUT2D eigenvalue weighted by Gasteiger charge is -2.19. The van der Waals surface area contributed by atoms with Crippen LogP contribution in [0.25, 0.3) is 0 Å². The lowest BCUT2D eigenvalue weighted by Crippen LogP contribution is -2.22. The Balaban J connectivity index is 1.68. The van der Waals surface area contributed by atoms with Gasteiger partial charge in [-0.3, -0.25) is 19.4 Å². The molecule has 0 saturated heterocycles. The number of carbonyl (C=O) groups is 1. The molecule has 2 aromatic rings. The number of aromatic nitrogens is 3. The fraction of sp³-hybridized carbons (Fsp3) is 0.438. The van der Waals surface area contributed by atoms with E-state index < -0.39 is 5.97 Å². The molecule has 1 aliphatic heterocycles. The first-order chi connectivity index (χ1) is 10.7. The largest absolute Gasteiger partial charge is 0.481 e. The summed E-state index contributed by atoms with van der Waals surface area (Å²) >= 11 is 0. The van der Waals surface area contributed by atoms with Gasteiger partial charge in [0.2, 0.25) is 0 Å².